The molecule has 0 spiro atoms. The van der Waals surface area contributed by atoms with Gasteiger partial charge in [-0.25, -0.2) is 0 Å². The first-order chi connectivity index (χ1) is 10.0. The molecule has 1 N–H and O–H groups in total. The maximum Gasteiger partial charge on any atom is 0.311 e. The van der Waals surface area contributed by atoms with E-state index in [1.807, 2.05) is 19.2 Å². The van der Waals surface area contributed by atoms with Gasteiger partial charge in [0.05, 0.1) is 9.40 Å². The summed E-state index contributed by atoms with van der Waals surface area (Å²) < 4.78 is 6.33. The topological polar surface area (TPSA) is 64.4 Å². The molecule has 2 aromatic rings. The number of benzene rings is 2. The van der Waals surface area contributed by atoms with Crippen LogP contribution in [0.4, 0.5) is 5.69 Å². The fraction of sp³-hybridized carbons (Fsp3) is 0.143. The van der Waals surface area contributed by atoms with E-state index in [1.54, 1.807) is 6.07 Å². The summed E-state index contributed by atoms with van der Waals surface area (Å²) >= 11 is 9.27. The average molecular weight is 372 g/mol. The molecule has 0 atom stereocenters. The third-order valence-electron chi connectivity index (χ3n) is 2.72. The third kappa shape index (κ3) is 3.93. The second-order valence-corrected chi connectivity index (χ2v) is 5.56. The molecule has 0 aliphatic heterocycles. The van der Waals surface area contributed by atoms with Crippen LogP contribution in [0.5, 0.6) is 11.5 Å². The number of nitro groups is 1. The molecule has 0 bridgehead atoms. The summed E-state index contributed by atoms with van der Waals surface area (Å²) in [4.78, 5) is 10.5. The third-order valence-corrected chi connectivity index (χ3v) is 3.57. The smallest absolute Gasteiger partial charge is 0.311 e. The van der Waals surface area contributed by atoms with Crippen LogP contribution in [0.15, 0.2) is 40.9 Å². The van der Waals surface area contributed by atoms with Crippen LogP contribution in [-0.4, -0.2) is 12.0 Å². The number of rotatable bonds is 5. The zero-order valence-electron chi connectivity index (χ0n) is 11.1. The fourth-order valence-electron chi connectivity index (χ4n) is 1.78. The van der Waals surface area contributed by atoms with Gasteiger partial charge in [0.2, 0.25) is 5.75 Å². The predicted molar refractivity (Wildman–Crippen MR) is 85.1 cm³/mol. The first-order valence-corrected chi connectivity index (χ1v) is 7.23. The SMILES string of the molecule is CNCc1ccc(Oc2cc(Cl)ccc2[N+](=O)[O-])c(Br)c1. The molecule has 5 nitrogen and oxygen atoms in total. The van der Waals surface area contributed by atoms with Crippen LogP contribution in [0, 0.1) is 10.1 Å². The Labute approximate surface area is 135 Å². The Morgan fingerprint density at radius 1 is 1.29 bits per heavy atom. The number of nitrogens with one attached hydrogen (secondary N) is 1. The maximum atomic E-state index is 11.0. The Morgan fingerprint density at radius 2 is 2.05 bits per heavy atom. The van der Waals surface area contributed by atoms with Crippen molar-refractivity contribution < 1.29 is 9.66 Å². The molecule has 2 aromatic carbocycles. The van der Waals surface area contributed by atoms with Crippen LogP contribution in [0.25, 0.3) is 0 Å². The van der Waals surface area contributed by atoms with E-state index in [4.69, 9.17) is 16.3 Å². The van der Waals surface area contributed by atoms with Crippen LogP contribution in [0.3, 0.4) is 0 Å². The van der Waals surface area contributed by atoms with Crippen LogP contribution in [0.1, 0.15) is 5.56 Å². The first-order valence-electron chi connectivity index (χ1n) is 6.06. The van der Waals surface area contributed by atoms with Gasteiger partial charge in [-0.1, -0.05) is 17.7 Å². The molecule has 0 unspecified atom stereocenters. The van der Waals surface area contributed by atoms with Gasteiger partial charge in [0.25, 0.3) is 0 Å². The van der Waals surface area contributed by atoms with Crippen molar-refractivity contribution in [1.82, 2.24) is 5.32 Å². The molecule has 21 heavy (non-hydrogen) atoms. The van der Waals surface area contributed by atoms with Gasteiger partial charge < -0.3 is 10.1 Å². The minimum absolute atomic E-state index is 0.106. The molecule has 0 fully saturated rings. The highest BCUT2D eigenvalue weighted by atomic mass is 79.9. The van der Waals surface area contributed by atoms with Crippen molar-refractivity contribution in [2.45, 2.75) is 6.54 Å². The van der Waals surface area contributed by atoms with Gasteiger partial charge in [0, 0.05) is 23.7 Å². The van der Waals surface area contributed by atoms with E-state index in [1.165, 1.54) is 18.2 Å². The van der Waals surface area contributed by atoms with Crippen molar-refractivity contribution >= 4 is 33.2 Å². The molecule has 110 valence electrons. The largest absolute Gasteiger partial charge is 0.449 e. The molecule has 0 amide bonds. The van der Waals surface area contributed by atoms with E-state index in [-0.39, 0.29) is 11.4 Å². The first kappa shape index (κ1) is 15.8. The highest BCUT2D eigenvalue weighted by molar-refractivity contribution is 9.10. The molecule has 0 heterocycles. The summed E-state index contributed by atoms with van der Waals surface area (Å²) in [6, 6.07) is 9.72. The van der Waals surface area contributed by atoms with Crippen molar-refractivity contribution in [2.24, 2.45) is 0 Å². The Kier molecular flexibility index (Phi) is 5.17. The molecule has 2 rings (SSSR count). The Hall–Kier alpha value is -1.63. The summed E-state index contributed by atoms with van der Waals surface area (Å²) in [5.74, 6) is 0.592. The second kappa shape index (κ2) is 6.89. The zero-order valence-corrected chi connectivity index (χ0v) is 13.4. The van der Waals surface area contributed by atoms with E-state index in [0.717, 1.165) is 12.1 Å². The number of nitro benzene ring substituents is 1. The lowest BCUT2D eigenvalue weighted by atomic mass is 10.2. The van der Waals surface area contributed by atoms with Gasteiger partial charge in [0.1, 0.15) is 5.75 Å². The summed E-state index contributed by atoms with van der Waals surface area (Å²) in [6.07, 6.45) is 0. The second-order valence-electron chi connectivity index (χ2n) is 4.27. The van der Waals surface area contributed by atoms with Gasteiger partial charge in [-0.3, -0.25) is 10.1 Å². The minimum atomic E-state index is -0.505. The van der Waals surface area contributed by atoms with Crippen molar-refractivity contribution in [3.05, 3.63) is 61.6 Å². The zero-order chi connectivity index (χ0) is 15.4. The molecule has 0 aliphatic carbocycles. The Morgan fingerprint density at radius 3 is 2.67 bits per heavy atom. The van der Waals surface area contributed by atoms with Gasteiger partial charge in [0.15, 0.2) is 0 Å². The lowest BCUT2D eigenvalue weighted by Crippen LogP contribution is -2.04. The van der Waals surface area contributed by atoms with E-state index >= 15 is 0 Å². The Bertz CT molecular complexity index is 679. The van der Waals surface area contributed by atoms with Crippen molar-refractivity contribution in [3.63, 3.8) is 0 Å². The summed E-state index contributed by atoms with van der Waals surface area (Å²) in [6.45, 7) is 0.718. The van der Waals surface area contributed by atoms with Crippen LogP contribution >= 0.6 is 27.5 Å². The van der Waals surface area contributed by atoms with E-state index in [2.05, 4.69) is 21.2 Å². The molecular weight excluding hydrogens is 360 g/mol. The lowest BCUT2D eigenvalue weighted by molar-refractivity contribution is -0.385. The molecule has 0 saturated carbocycles. The lowest BCUT2D eigenvalue weighted by Gasteiger charge is -2.10. The Balaban J connectivity index is 2.34. The number of nitrogens with zero attached hydrogens (tertiary/aromatic N) is 1. The highest BCUT2D eigenvalue weighted by Gasteiger charge is 2.17. The molecule has 0 aliphatic rings. The molecular formula is C14H12BrClN2O3. The monoisotopic (exact) mass is 370 g/mol. The minimum Gasteiger partial charge on any atom is -0.449 e. The molecule has 0 aromatic heterocycles. The van der Waals surface area contributed by atoms with Gasteiger partial charge in [-0.05, 0) is 46.7 Å². The van der Waals surface area contributed by atoms with E-state index < -0.39 is 4.92 Å². The number of halogens is 2. The standard InChI is InChI=1S/C14H12BrClN2O3/c1-17-8-9-2-5-13(11(15)6-9)21-14-7-10(16)3-4-12(14)18(19)20/h2-7,17H,8H2,1H3. The van der Waals surface area contributed by atoms with Crippen molar-refractivity contribution in [1.29, 1.82) is 0 Å². The molecule has 0 radical (unpaired) electrons. The normalized spacial score (nSPS) is 10.4. The van der Waals surface area contributed by atoms with Crippen molar-refractivity contribution in [2.75, 3.05) is 7.05 Å². The number of hydrogen-bond acceptors (Lipinski definition) is 4. The van der Waals surface area contributed by atoms with Gasteiger partial charge in [-0.2, -0.15) is 0 Å². The van der Waals surface area contributed by atoms with Crippen molar-refractivity contribution in [3.8, 4) is 11.5 Å². The highest BCUT2D eigenvalue weighted by Crippen LogP contribution is 2.36. The number of ether oxygens (including phenoxy) is 1. The maximum absolute atomic E-state index is 11.0. The molecule has 7 heteroatoms. The number of hydrogen-bond donors (Lipinski definition) is 1. The van der Waals surface area contributed by atoms with Crippen LogP contribution in [-0.2, 0) is 6.54 Å². The van der Waals surface area contributed by atoms with E-state index in [0.29, 0.717) is 15.2 Å². The quantitative estimate of drug-likeness (QED) is 0.620. The van der Waals surface area contributed by atoms with Gasteiger partial charge >= 0.3 is 5.69 Å². The predicted octanol–water partition coefficient (Wildman–Crippen LogP) is 4.52. The van der Waals surface area contributed by atoms with E-state index in [9.17, 15) is 10.1 Å². The summed E-state index contributed by atoms with van der Waals surface area (Å²) in [7, 11) is 1.85. The molecule has 0 saturated heterocycles. The summed E-state index contributed by atoms with van der Waals surface area (Å²) in [5.41, 5.74) is 0.933. The summed E-state index contributed by atoms with van der Waals surface area (Å²) in [5, 5.41) is 14.4. The van der Waals surface area contributed by atoms with Gasteiger partial charge in [-0.15, -0.1) is 0 Å². The van der Waals surface area contributed by atoms with Crippen LogP contribution < -0.4 is 10.1 Å². The average Bonchev–Trinajstić information content (AvgIpc) is 2.42. The fourth-order valence-corrected chi connectivity index (χ4v) is 2.45. The van der Waals surface area contributed by atoms with Crippen LogP contribution in [0.2, 0.25) is 5.02 Å².